The number of hydrogen-bond acceptors (Lipinski definition) is 5. The summed E-state index contributed by atoms with van der Waals surface area (Å²) in [6.07, 6.45) is 3.16. The molecule has 1 aliphatic heterocycles. The van der Waals surface area contributed by atoms with Crippen LogP contribution in [0.3, 0.4) is 0 Å². The summed E-state index contributed by atoms with van der Waals surface area (Å²) >= 11 is 6.05. The van der Waals surface area contributed by atoms with Gasteiger partial charge in [-0.2, -0.15) is 0 Å². The molecular formula is C25H17ClN2O4. The monoisotopic (exact) mass is 444 g/mol. The summed E-state index contributed by atoms with van der Waals surface area (Å²) in [5.41, 5.74) is 2.51. The lowest BCUT2D eigenvalue weighted by Crippen LogP contribution is -2.31. The van der Waals surface area contributed by atoms with Gasteiger partial charge in [0.1, 0.15) is 5.58 Å². The van der Waals surface area contributed by atoms with Crippen LogP contribution in [0.4, 0.5) is 5.69 Å². The molecule has 1 atom stereocenters. The third-order valence-electron chi connectivity index (χ3n) is 5.55. The molecule has 2 aromatic heterocycles. The first-order valence-corrected chi connectivity index (χ1v) is 10.3. The van der Waals surface area contributed by atoms with Crippen LogP contribution in [0.25, 0.3) is 11.0 Å². The predicted octanol–water partition coefficient (Wildman–Crippen LogP) is 5.57. The Hall–Kier alpha value is -3.90. The number of nitrogens with zero attached hydrogens (tertiary/aromatic N) is 2. The summed E-state index contributed by atoms with van der Waals surface area (Å²) < 4.78 is 5.73. The molecular weight excluding hydrogens is 428 g/mol. The number of pyridine rings is 1. The summed E-state index contributed by atoms with van der Waals surface area (Å²) in [6.45, 7) is 1.87. The average Bonchev–Trinajstić information content (AvgIpc) is 3.33. The van der Waals surface area contributed by atoms with Crippen molar-refractivity contribution in [3.8, 4) is 0 Å². The highest BCUT2D eigenvalue weighted by Crippen LogP contribution is 2.43. The van der Waals surface area contributed by atoms with Crippen molar-refractivity contribution < 1.29 is 19.1 Å². The van der Waals surface area contributed by atoms with Gasteiger partial charge in [0, 0.05) is 28.5 Å². The summed E-state index contributed by atoms with van der Waals surface area (Å²) in [7, 11) is 0. The van der Waals surface area contributed by atoms with Crippen molar-refractivity contribution >= 4 is 39.9 Å². The first-order valence-electron chi connectivity index (χ1n) is 9.91. The molecule has 0 aliphatic carbocycles. The number of aryl methyl sites for hydroxylation is 1. The smallest absolute Gasteiger partial charge is 0.294 e. The predicted molar refractivity (Wildman–Crippen MR) is 121 cm³/mol. The minimum Gasteiger partial charge on any atom is -0.503 e. The van der Waals surface area contributed by atoms with Crippen molar-refractivity contribution in [2.45, 2.75) is 13.0 Å². The number of para-hydroxylation sites is 1. The number of aliphatic hydroxyl groups excluding tert-OH is 1. The van der Waals surface area contributed by atoms with Crippen LogP contribution in [0, 0.1) is 6.92 Å². The lowest BCUT2D eigenvalue weighted by molar-refractivity contribution is -0.117. The topological polar surface area (TPSA) is 83.6 Å². The van der Waals surface area contributed by atoms with Gasteiger partial charge in [-0.1, -0.05) is 29.8 Å². The number of carbonyl (C=O) groups excluding carboxylic acids is 2. The average molecular weight is 445 g/mol. The fraction of sp³-hybridized carbons (Fsp3) is 0.0800. The molecule has 32 heavy (non-hydrogen) atoms. The maximum atomic E-state index is 13.6. The van der Waals surface area contributed by atoms with E-state index in [1.807, 2.05) is 19.1 Å². The van der Waals surface area contributed by atoms with E-state index in [1.165, 1.54) is 4.90 Å². The van der Waals surface area contributed by atoms with Crippen LogP contribution >= 0.6 is 11.6 Å². The molecule has 0 fully saturated rings. The zero-order valence-electron chi connectivity index (χ0n) is 16.9. The molecule has 1 aliphatic rings. The molecule has 3 heterocycles. The molecule has 6 nitrogen and oxygen atoms in total. The number of ketones is 1. The van der Waals surface area contributed by atoms with E-state index in [2.05, 4.69) is 4.98 Å². The molecule has 0 saturated heterocycles. The highest BCUT2D eigenvalue weighted by molar-refractivity contribution is 6.31. The summed E-state index contributed by atoms with van der Waals surface area (Å²) in [5.74, 6) is -1.80. The van der Waals surface area contributed by atoms with Gasteiger partial charge < -0.3 is 9.52 Å². The number of fused-ring (bicyclic) bond motifs is 1. The van der Waals surface area contributed by atoms with E-state index in [1.54, 1.807) is 60.9 Å². The number of anilines is 1. The van der Waals surface area contributed by atoms with Crippen LogP contribution in [0.5, 0.6) is 0 Å². The van der Waals surface area contributed by atoms with Gasteiger partial charge in [0.15, 0.2) is 11.5 Å². The number of halogens is 1. The Morgan fingerprint density at radius 2 is 1.84 bits per heavy atom. The fourth-order valence-corrected chi connectivity index (χ4v) is 4.22. The van der Waals surface area contributed by atoms with E-state index in [0.717, 1.165) is 5.56 Å². The number of benzene rings is 2. The van der Waals surface area contributed by atoms with Crippen molar-refractivity contribution in [1.82, 2.24) is 4.98 Å². The maximum Gasteiger partial charge on any atom is 0.294 e. The number of Topliss-reactive ketones (excluding diaryl/α,β-unsaturated/α-hetero) is 1. The number of amides is 1. The van der Waals surface area contributed by atoms with E-state index in [9.17, 15) is 14.7 Å². The van der Waals surface area contributed by atoms with Gasteiger partial charge in [0.25, 0.3) is 5.91 Å². The second-order valence-corrected chi connectivity index (χ2v) is 7.97. The molecule has 4 aromatic rings. The minimum atomic E-state index is -0.837. The molecule has 0 bridgehead atoms. The first kappa shape index (κ1) is 20.0. The van der Waals surface area contributed by atoms with Gasteiger partial charge in [-0.25, -0.2) is 0 Å². The third kappa shape index (κ3) is 3.16. The molecule has 158 valence electrons. The van der Waals surface area contributed by atoms with Crippen molar-refractivity contribution in [3.05, 3.63) is 106 Å². The quantitative estimate of drug-likeness (QED) is 0.416. The van der Waals surface area contributed by atoms with E-state index in [-0.39, 0.29) is 11.3 Å². The summed E-state index contributed by atoms with van der Waals surface area (Å²) in [6, 6.07) is 16.5. The lowest BCUT2D eigenvalue weighted by Gasteiger charge is -2.27. The Morgan fingerprint density at radius 1 is 1.09 bits per heavy atom. The Labute approximate surface area is 188 Å². The second kappa shape index (κ2) is 7.66. The fourth-order valence-electron chi connectivity index (χ4n) is 4.04. The molecule has 1 N–H and O–H groups in total. The van der Waals surface area contributed by atoms with Crippen LogP contribution in [0.15, 0.2) is 88.8 Å². The van der Waals surface area contributed by atoms with Crippen molar-refractivity contribution in [2.24, 2.45) is 0 Å². The van der Waals surface area contributed by atoms with Gasteiger partial charge in [-0.3, -0.25) is 19.5 Å². The number of aliphatic hydroxyl groups is 1. The van der Waals surface area contributed by atoms with Crippen LogP contribution < -0.4 is 4.90 Å². The highest BCUT2D eigenvalue weighted by atomic mass is 35.5. The number of hydrogen-bond donors (Lipinski definition) is 1. The van der Waals surface area contributed by atoms with E-state index in [4.69, 9.17) is 16.0 Å². The normalized spacial score (nSPS) is 16.2. The van der Waals surface area contributed by atoms with Gasteiger partial charge >= 0.3 is 0 Å². The SMILES string of the molecule is Cc1ccccc1N1C(=O)C(O)=C(C(=O)c2cc3cc(Cl)ccc3o2)C1c1ccncc1. The Bertz CT molecular complexity index is 1410. The summed E-state index contributed by atoms with van der Waals surface area (Å²) in [4.78, 5) is 32.2. The minimum absolute atomic E-state index is 0.0160. The Kier molecular flexibility index (Phi) is 4.79. The standard InChI is InChI=1S/C25H17ClN2O4/c1-14-4-2-3-5-18(14)28-22(15-8-10-27-11-9-15)21(24(30)25(28)31)23(29)20-13-16-12-17(26)6-7-19(16)32-20/h2-13,22,30H,1H3. The number of furan rings is 1. The van der Waals surface area contributed by atoms with Crippen molar-refractivity contribution in [3.63, 3.8) is 0 Å². The highest BCUT2D eigenvalue weighted by Gasteiger charge is 2.45. The zero-order valence-corrected chi connectivity index (χ0v) is 17.7. The second-order valence-electron chi connectivity index (χ2n) is 7.53. The molecule has 0 saturated carbocycles. The number of carbonyl (C=O) groups is 2. The van der Waals surface area contributed by atoms with Crippen LogP contribution in [-0.2, 0) is 4.79 Å². The molecule has 2 aromatic carbocycles. The van der Waals surface area contributed by atoms with E-state index < -0.39 is 23.5 Å². The number of aromatic nitrogens is 1. The molecule has 0 radical (unpaired) electrons. The third-order valence-corrected chi connectivity index (χ3v) is 5.79. The maximum absolute atomic E-state index is 13.6. The molecule has 1 unspecified atom stereocenters. The van der Waals surface area contributed by atoms with E-state index in [0.29, 0.717) is 27.2 Å². The van der Waals surface area contributed by atoms with Crippen LogP contribution in [0.2, 0.25) is 5.02 Å². The van der Waals surface area contributed by atoms with Crippen LogP contribution in [-0.4, -0.2) is 21.8 Å². The van der Waals surface area contributed by atoms with Crippen LogP contribution in [0.1, 0.15) is 27.7 Å². The number of rotatable bonds is 4. The van der Waals surface area contributed by atoms with Gasteiger partial charge in [-0.15, -0.1) is 0 Å². The van der Waals surface area contributed by atoms with E-state index >= 15 is 0 Å². The lowest BCUT2D eigenvalue weighted by atomic mass is 9.95. The molecule has 1 amide bonds. The van der Waals surface area contributed by atoms with Gasteiger partial charge in [0.05, 0.1) is 11.6 Å². The summed E-state index contributed by atoms with van der Waals surface area (Å²) in [5, 5.41) is 12.0. The zero-order chi connectivity index (χ0) is 22.4. The van der Waals surface area contributed by atoms with Gasteiger partial charge in [-0.05, 0) is 60.5 Å². The largest absolute Gasteiger partial charge is 0.503 e. The molecule has 0 spiro atoms. The van der Waals surface area contributed by atoms with Gasteiger partial charge in [0.2, 0.25) is 5.78 Å². The molecule has 5 rings (SSSR count). The van der Waals surface area contributed by atoms with Crippen molar-refractivity contribution in [2.75, 3.05) is 4.90 Å². The first-order chi connectivity index (χ1) is 15.5. The Morgan fingerprint density at radius 3 is 2.59 bits per heavy atom. The molecule has 7 heteroatoms. The van der Waals surface area contributed by atoms with Crippen molar-refractivity contribution in [1.29, 1.82) is 0 Å². The Balaban J connectivity index is 1.67.